The predicted octanol–water partition coefficient (Wildman–Crippen LogP) is 2.26. The van der Waals surface area contributed by atoms with E-state index in [-0.39, 0.29) is 18.3 Å². The zero-order chi connectivity index (χ0) is 17.2. The zero-order valence-corrected chi connectivity index (χ0v) is 15.5. The fraction of sp³-hybridized carbons (Fsp3) is 0.250. The van der Waals surface area contributed by atoms with Crippen LogP contribution >= 0.6 is 23.9 Å². The van der Waals surface area contributed by atoms with E-state index < -0.39 is 0 Å². The van der Waals surface area contributed by atoms with Gasteiger partial charge in [-0.1, -0.05) is 12.1 Å². The molecule has 0 saturated carbocycles. The molecule has 3 aromatic rings. The highest BCUT2D eigenvalue weighted by Crippen LogP contribution is 2.25. The minimum absolute atomic E-state index is 0. The lowest BCUT2D eigenvalue weighted by Crippen LogP contribution is -2.25. The Morgan fingerprint density at radius 1 is 1.38 bits per heavy atom. The summed E-state index contributed by atoms with van der Waals surface area (Å²) in [6.45, 7) is 1.52. The van der Waals surface area contributed by atoms with Gasteiger partial charge in [0.2, 0.25) is 5.13 Å². The number of aromatic amines is 1. The maximum Gasteiger partial charge on any atom is 0.278 e. The van der Waals surface area contributed by atoms with Crippen LogP contribution in [-0.4, -0.2) is 39.1 Å². The minimum atomic E-state index is -0.283. The fourth-order valence-electron chi connectivity index (χ4n) is 2.72. The quantitative estimate of drug-likeness (QED) is 0.629. The summed E-state index contributed by atoms with van der Waals surface area (Å²) in [7, 11) is 1.61. The minimum Gasteiger partial charge on any atom is -0.497 e. The van der Waals surface area contributed by atoms with Gasteiger partial charge in [0.05, 0.1) is 7.11 Å². The first-order valence-electron chi connectivity index (χ1n) is 7.81. The van der Waals surface area contributed by atoms with Crippen molar-refractivity contribution in [1.82, 2.24) is 24.9 Å². The van der Waals surface area contributed by atoms with E-state index in [9.17, 15) is 4.79 Å². The molecular formula is C16H17ClN6O2S. The normalized spacial score (nSPS) is 12.8. The van der Waals surface area contributed by atoms with E-state index in [2.05, 4.69) is 30.2 Å². The Bertz CT molecular complexity index is 925. The van der Waals surface area contributed by atoms with E-state index in [1.54, 1.807) is 7.11 Å². The van der Waals surface area contributed by atoms with Gasteiger partial charge in [0, 0.05) is 47.9 Å². The van der Waals surface area contributed by atoms with Crippen molar-refractivity contribution in [2.45, 2.75) is 13.0 Å². The number of halogens is 1. The van der Waals surface area contributed by atoms with Gasteiger partial charge < -0.3 is 10.1 Å². The summed E-state index contributed by atoms with van der Waals surface area (Å²) < 4.78 is 9.51. The van der Waals surface area contributed by atoms with Crippen molar-refractivity contribution in [3.63, 3.8) is 0 Å². The van der Waals surface area contributed by atoms with Gasteiger partial charge in [0.1, 0.15) is 5.75 Å². The van der Waals surface area contributed by atoms with Crippen molar-refractivity contribution in [1.29, 1.82) is 0 Å². The largest absolute Gasteiger partial charge is 0.497 e. The zero-order valence-electron chi connectivity index (χ0n) is 13.9. The fourth-order valence-corrected chi connectivity index (χ4v) is 3.31. The number of aromatic nitrogens is 4. The first kappa shape index (κ1) is 18.3. The number of ether oxygens (including phenoxy) is 1. The molecule has 0 saturated heterocycles. The summed E-state index contributed by atoms with van der Waals surface area (Å²) in [6, 6.07) is 7.47. The van der Waals surface area contributed by atoms with Crippen LogP contribution in [-0.2, 0) is 13.0 Å². The van der Waals surface area contributed by atoms with Crippen molar-refractivity contribution in [3.05, 3.63) is 41.2 Å². The molecule has 1 amide bonds. The summed E-state index contributed by atoms with van der Waals surface area (Å²) in [6.07, 6.45) is 0.842. The molecule has 8 nitrogen and oxygen atoms in total. The van der Waals surface area contributed by atoms with Crippen molar-refractivity contribution >= 4 is 35.0 Å². The number of nitrogens with one attached hydrogen (secondary N) is 3. The molecule has 136 valence electrons. The number of hydrogen-bond donors (Lipinski definition) is 3. The molecule has 1 aliphatic heterocycles. The first-order valence-corrected chi connectivity index (χ1v) is 8.58. The van der Waals surface area contributed by atoms with Crippen LogP contribution in [0.15, 0.2) is 24.3 Å². The number of hydrogen-bond acceptors (Lipinski definition) is 7. The number of rotatable bonds is 4. The molecule has 0 atom stereocenters. The lowest BCUT2D eigenvalue weighted by molar-refractivity contribution is 0.102. The second-order valence-corrected chi connectivity index (χ2v) is 6.32. The van der Waals surface area contributed by atoms with Crippen LogP contribution in [0.3, 0.4) is 0 Å². The molecule has 0 spiro atoms. The van der Waals surface area contributed by atoms with Crippen LogP contribution in [0.4, 0.5) is 5.13 Å². The van der Waals surface area contributed by atoms with Crippen molar-refractivity contribution in [2.24, 2.45) is 0 Å². The standard InChI is InChI=1S/C16H16N6O2S.ClH/c1-24-10-4-2-3-9(7-10)14-18-16(25-22-14)19-15(23)13-11-8-17-6-5-12(11)20-21-13;/h2-4,7,17H,5-6,8H2,1H3,(H,20,21)(H,18,19,22,23);1H. The van der Waals surface area contributed by atoms with Gasteiger partial charge in [-0.3, -0.25) is 15.2 Å². The molecule has 0 aliphatic carbocycles. The molecule has 4 rings (SSSR count). The van der Waals surface area contributed by atoms with Gasteiger partial charge >= 0.3 is 0 Å². The molecule has 0 fully saturated rings. The first-order chi connectivity index (χ1) is 12.2. The number of carbonyl (C=O) groups is 1. The number of anilines is 1. The Labute approximate surface area is 160 Å². The van der Waals surface area contributed by atoms with Gasteiger partial charge in [-0.05, 0) is 12.1 Å². The highest BCUT2D eigenvalue weighted by atomic mass is 35.5. The summed E-state index contributed by atoms with van der Waals surface area (Å²) in [5.41, 5.74) is 3.16. The average Bonchev–Trinajstić information content (AvgIpc) is 3.28. The Morgan fingerprint density at radius 2 is 2.27 bits per heavy atom. The molecule has 3 N–H and O–H groups in total. The van der Waals surface area contributed by atoms with Crippen LogP contribution in [0.1, 0.15) is 21.7 Å². The van der Waals surface area contributed by atoms with E-state index in [4.69, 9.17) is 4.74 Å². The molecule has 0 radical (unpaired) electrons. The molecule has 1 aliphatic rings. The number of fused-ring (bicyclic) bond motifs is 1. The van der Waals surface area contributed by atoms with Crippen LogP contribution in [0, 0.1) is 0 Å². The summed E-state index contributed by atoms with van der Waals surface area (Å²) >= 11 is 1.13. The average molecular weight is 393 g/mol. The van der Waals surface area contributed by atoms with Gasteiger partial charge in [0.15, 0.2) is 11.5 Å². The Kier molecular flexibility index (Phi) is 5.50. The van der Waals surface area contributed by atoms with Crippen LogP contribution in [0.25, 0.3) is 11.4 Å². The summed E-state index contributed by atoms with van der Waals surface area (Å²) in [4.78, 5) is 16.9. The molecule has 0 unspecified atom stereocenters. The van der Waals surface area contributed by atoms with Gasteiger partial charge in [-0.15, -0.1) is 12.4 Å². The van der Waals surface area contributed by atoms with Crippen molar-refractivity contribution in [3.8, 4) is 17.1 Å². The van der Waals surface area contributed by atoms with Crippen LogP contribution < -0.4 is 15.4 Å². The van der Waals surface area contributed by atoms with E-state index >= 15 is 0 Å². The highest BCUT2D eigenvalue weighted by Gasteiger charge is 2.22. The number of nitrogens with zero attached hydrogens (tertiary/aromatic N) is 3. The molecule has 2 aromatic heterocycles. The summed E-state index contributed by atoms with van der Waals surface area (Å²) in [5, 5.41) is 13.5. The van der Waals surface area contributed by atoms with E-state index in [0.29, 0.717) is 23.2 Å². The van der Waals surface area contributed by atoms with Crippen LogP contribution in [0.5, 0.6) is 5.75 Å². The number of H-pyrrole nitrogens is 1. The Hall–Kier alpha value is -2.49. The highest BCUT2D eigenvalue weighted by molar-refractivity contribution is 7.10. The maximum atomic E-state index is 12.5. The second kappa shape index (κ2) is 7.81. The van der Waals surface area contributed by atoms with E-state index in [1.807, 2.05) is 24.3 Å². The monoisotopic (exact) mass is 392 g/mol. The number of methoxy groups -OCH3 is 1. The van der Waals surface area contributed by atoms with Gasteiger partial charge in [-0.2, -0.15) is 14.5 Å². The molecule has 0 bridgehead atoms. The molecule has 1 aromatic carbocycles. The lowest BCUT2D eigenvalue weighted by atomic mass is 10.1. The third-order valence-corrected chi connectivity index (χ3v) is 4.63. The lowest BCUT2D eigenvalue weighted by Gasteiger charge is -2.12. The van der Waals surface area contributed by atoms with Crippen LogP contribution in [0.2, 0.25) is 0 Å². The SMILES string of the molecule is COc1cccc(-c2nsc(NC(=O)c3n[nH]c4c3CNCC4)n2)c1.Cl. The Balaban J connectivity index is 0.00000196. The smallest absolute Gasteiger partial charge is 0.278 e. The molecular weight excluding hydrogens is 376 g/mol. The van der Waals surface area contributed by atoms with E-state index in [1.165, 1.54) is 0 Å². The Morgan fingerprint density at radius 3 is 3.12 bits per heavy atom. The number of amides is 1. The van der Waals surface area contributed by atoms with Crippen molar-refractivity contribution in [2.75, 3.05) is 19.0 Å². The second-order valence-electron chi connectivity index (χ2n) is 5.57. The number of carbonyl (C=O) groups excluding carboxylic acids is 1. The number of benzene rings is 1. The van der Waals surface area contributed by atoms with Gasteiger partial charge in [0.25, 0.3) is 5.91 Å². The van der Waals surface area contributed by atoms with Gasteiger partial charge in [-0.25, -0.2) is 0 Å². The van der Waals surface area contributed by atoms with Crippen molar-refractivity contribution < 1.29 is 9.53 Å². The molecule has 26 heavy (non-hydrogen) atoms. The van der Waals surface area contributed by atoms with E-state index in [0.717, 1.165) is 47.1 Å². The molecule has 3 heterocycles. The molecule has 10 heteroatoms. The predicted molar refractivity (Wildman–Crippen MR) is 101 cm³/mol. The summed E-state index contributed by atoms with van der Waals surface area (Å²) in [5.74, 6) is 0.994. The third-order valence-electron chi connectivity index (χ3n) is 4.00. The topological polar surface area (TPSA) is 105 Å². The maximum absolute atomic E-state index is 12.5. The third kappa shape index (κ3) is 3.55.